The monoisotopic (exact) mass is 534 g/mol. The molecule has 39 heavy (non-hydrogen) atoms. The zero-order valence-corrected chi connectivity index (χ0v) is 26.0. The quantitative estimate of drug-likeness (QED) is 0.258. The number of nitrogen functional groups attached to an aromatic ring is 2. The Morgan fingerprint density at radius 2 is 1.72 bits per heavy atom. The van der Waals surface area contributed by atoms with Crippen LogP contribution < -0.4 is 16.2 Å². The van der Waals surface area contributed by atoms with E-state index in [9.17, 15) is 0 Å². The van der Waals surface area contributed by atoms with E-state index in [4.69, 9.17) is 16.2 Å². The molecule has 9 atom stereocenters. The Morgan fingerprint density at radius 1 is 0.949 bits per heavy atom. The Morgan fingerprint density at radius 3 is 2.41 bits per heavy atom. The number of anilines is 2. The molecule has 5 rings (SSSR count). The van der Waals surface area contributed by atoms with Crippen molar-refractivity contribution in [2.45, 2.75) is 118 Å². The van der Waals surface area contributed by atoms with Crippen LogP contribution in [0.4, 0.5) is 11.4 Å². The Balaban J connectivity index is 1.33. The molecular weight excluding hydrogens is 476 g/mol. The molecule has 4 saturated carbocycles. The highest BCUT2D eigenvalue weighted by Crippen LogP contribution is 2.71. The van der Waals surface area contributed by atoms with E-state index in [-0.39, 0.29) is 11.5 Å². The van der Waals surface area contributed by atoms with Gasteiger partial charge in [-0.2, -0.15) is 0 Å². The molecule has 0 aliphatic heterocycles. The smallest absolute Gasteiger partial charge is 0.142 e. The number of nitrogens with two attached hydrogens (primary N) is 2. The molecule has 0 spiro atoms. The average molecular weight is 535 g/mol. The first-order chi connectivity index (χ1) is 18.4. The summed E-state index contributed by atoms with van der Waals surface area (Å²) in [5.41, 5.74) is 14.5. The van der Waals surface area contributed by atoms with Crippen LogP contribution >= 0.6 is 0 Å². The van der Waals surface area contributed by atoms with Crippen LogP contribution in [0.5, 0.6) is 5.75 Å². The Hall–Kier alpha value is -1.64. The van der Waals surface area contributed by atoms with E-state index in [1.807, 2.05) is 18.2 Å². The normalized spacial score (nSPS) is 39.9. The SMILES string of the molecule is C=CC12CCC3C(CCC4C(C)(C)C(Oc5ccc(N)cc5N)CCC34C)C1CCC2C(C)CCCC(C)C. The molecule has 0 bridgehead atoms. The summed E-state index contributed by atoms with van der Waals surface area (Å²) in [4.78, 5) is 0. The standard InChI is InChI=1S/C36H58N2O/c1-8-36-21-18-28-26(29(36)15-14-27(36)24(4)11-9-10-23(2)3)13-17-32-34(5,6)33(19-20-35(28,32)7)39-31-16-12-25(37)22-30(31)38/h8,12,16,22-24,26-29,32-33H,1,9-11,13-15,17-21,37-38H2,2-7H3. The maximum absolute atomic E-state index is 6.68. The van der Waals surface area contributed by atoms with Gasteiger partial charge >= 0.3 is 0 Å². The van der Waals surface area contributed by atoms with Crippen LogP contribution in [-0.2, 0) is 0 Å². The lowest BCUT2D eigenvalue weighted by Gasteiger charge is -2.65. The van der Waals surface area contributed by atoms with E-state index in [0.717, 1.165) is 47.7 Å². The summed E-state index contributed by atoms with van der Waals surface area (Å²) in [7, 11) is 0. The van der Waals surface area contributed by atoms with Gasteiger partial charge in [0.15, 0.2) is 0 Å². The van der Waals surface area contributed by atoms with E-state index < -0.39 is 0 Å². The van der Waals surface area contributed by atoms with Crippen molar-refractivity contribution in [1.82, 2.24) is 0 Å². The summed E-state index contributed by atoms with van der Waals surface area (Å²) in [6.07, 6.45) is 17.5. The zero-order chi connectivity index (χ0) is 28.2. The molecule has 4 N–H and O–H groups in total. The fourth-order valence-corrected chi connectivity index (χ4v) is 11.1. The van der Waals surface area contributed by atoms with Crippen molar-refractivity contribution in [3.05, 3.63) is 30.9 Å². The van der Waals surface area contributed by atoms with Crippen LogP contribution in [0.15, 0.2) is 30.9 Å². The number of hydrogen-bond acceptors (Lipinski definition) is 3. The third-order valence-electron chi connectivity index (χ3n) is 13.0. The molecule has 3 heteroatoms. The fourth-order valence-electron chi connectivity index (χ4n) is 11.1. The number of rotatable bonds is 8. The number of ether oxygens (including phenoxy) is 1. The Bertz CT molecular complexity index is 1030. The fraction of sp³-hybridized carbons (Fsp3) is 0.778. The predicted octanol–water partition coefficient (Wildman–Crippen LogP) is 9.52. The van der Waals surface area contributed by atoms with Crippen LogP contribution in [0.3, 0.4) is 0 Å². The van der Waals surface area contributed by atoms with Crippen LogP contribution in [0.2, 0.25) is 0 Å². The molecule has 4 aliphatic carbocycles. The average Bonchev–Trinajstić information content (AvgIpc) is 3.27. The lowest BCUT2D eigenvalue weighted by atomic mass is 9.40. The highest BCUT2D eigenvalue weighted by atomic mass is 16.5. The molecule has 1 aromatic carbocycles. The van der Waals surface area contributed by atoms with E-state index in [1.165, 1.54) is 64.2 Å². The van der Waals surface area contributed by atoms with Crippen molar-refractivity contribution in [1.29, 1.82) is 0 Å². The number of allylic oxidation sites excluding steroid dienone is 1. The lowest BCUT2D eigenvalue weighted by molar-refractivity contribution is -0.170. The second kappa shape index (κ2) is 10.6. The third kappa shape index (κ3) is 4.82. The summed E-state index contributed by atoms with van der Waals surface area (Å²) in [6, 6.07) is 5.70. The van der Waals surface area contributed by atoms with Gasteiger partial charge in [0.25, 0.3) is 0 Å². The summed E-state index contributed by atoms with van der Waals surface area (Å²) >= 11 is 0. The van der Waals surface area contributed by atoms with Crippen molar-refractivity contribution in [3.8, 4) is 5.75 Å². The zero-order valence-electron chi connectivity index (χ0n) is 26.0. The van der Waals surface area contributed by atoms with Crippen molar-refractivity contribution in [3.63, 3.8) is 0 Å². The van der Waals surface area contributed by atoms with Gasteiger partial charge in [0.05, 0.1) is 5.69 Å². The largest absolute Gasteiger partial charge is 0.488 e. The first-order valence-corrected chi connectivity index (χ1v) is 16.4. The first kappa shape index (κ1) is 28.9. The van der Waals surface area contributed by atoms with Crippen molar-refractivity contribution in [2.24, 2.45) is 57.7 Å². The topological polar surface area (TPSA) is 61.3 Å². The Labute approximate surface area is 239 Å². The van der Waals surface area contributed by atoms with Gasteiger partial charge in [0.1, 0.15) is 11.9 Å². The number of benzene rings is 1. The number of hydrogen-bond donors (Lipinski definition) is 2. The number of fused-ring (bicyclic) bond motifs is 5. The van der Waals surface area contributed by atoms with Gasteiger partial charge in [-0.05, 0) is 122 Å². The molecule has 3 nitrogen and oxygen atoms in total. The molecule has 1 aromatic rings. The van der Waals surface area contributed by atoms with Crippen LogP contribution in [0.25, 0.3) is 0 Å². The molecule has 4 aliphatic rings. The summed E-state index contributed by atoms with van der Waals surface area (Å²) < 4.78 is 6.68. The molecule has 0 radical (unpaired) electrons. The highest BCUT2D eigenvalue weighted by molar-refractivity contribution is 5.60. The third-order valence-corrected chi connectivity index (χ3v) is 13.0. The molecule has 9 unspecified atom stereocenters. The molecule has 0 saturated heterocycles. The second-order valence-corrected chi connectivity index (χ2v) is 15.6. The maximum Gasteiger partial charge on any atom is 0.142 e. The second-order valence-electron chi connectivity index (χ2n) is 15.6. The molecule has 0 amide bonds. The summed E-state index contributed by atoms with van der Waals surface area (Å²) in [5, 5.41) is 0. The predicted molar refractivity (Wildman–Crippen MR) is 166 cm³/mol. The Kier molecular flexibility index (Phi) is 7.88. The molecule has 0 aromatic heterocycles. The van der Waals surface area contributed by atoms with Gasteiger partial charge < -0.3 is 16.2 Å². The van der Waals surface area contributed by atoms with E-state index in [1.54, 1.807) is 0 Å². The minimum absolute atomic E-state index is 0.113. The summed E-state index contributed by atoms with van der Waals surface area (Å²) in [6.45, 7) is 19.5. The minimum atomic E-state index is 0.113. The van der Waals surface area contributed by atoms with Crippen molar-refractivity contribution < 1.29 is 4.74 Å². The van der Waals surface area contributed by atoms with Gasteiger partial charge in [-0.25, -0.2) is 0 Å². The van der Waals surface area contributed by atoms with Gasteiger partial charge in [0, 0.05) is 11.1 Å². The molecule has 4 fully saturated rings. The maximum atomic E-state index is 6.68. The van der Waals surface area contributed by atoms with Gasteiger partial charge in [-0.3, -0.25) is 0 Å². The van der Waals surface area contributed by atoms with Gasteiger partial charge in [-0.1, -0.05) is 66.9 Å². The van der Waals surface area contributed by atoms with E-state index >= 15 is 0 Å². The van der Waals surface area contributed by atoms with Crippen molar-refractivity contribution >= 4 is 11.4 Å². The van der Waals surface area contributed by atoms with Gasteiger partial charge in [0.2, 0.25) is 0 Å². The molecular formula is C36H58N2O. The lowest BCUT2D eigenvalue weighted by Crippen LogP contribution is -2.60. The molecule has 218 valence electrons. The highest BCUT2D eigenvalue weighted by Gasteiger charge is 2.64. The van der Waals surface area contributed by atoms with Crippen LogP contribution in [-0.4, -0.2) is 6.10 Å². The van der Waals surface area contributed by atoms with Crippen molar-refractivity contribution in [2.75, 3.05) is 11.5 Å². The van der Waals surface area contributed by atoms with E-state index in [2.05, 4.69) is 54.2 Å². The van der Waals surface area contributed by atoms with Crippen LogP contribution in [0.1, 0.15) is 112 Å². The minimum Gasteiger partial charge on any atom is -0.488 e. The van der Waals surface area contributed by atoms with Crippen LogP contribution in [0, 0.1) is 57.7 Å². The molecule has 0 heterocycles. The first-order valence-electron chi connectivity index (χ1n) is 16.4. The van der Waals surface area contributed by atoms with Gasteiger partial charge in [-0.15, -0.1) is 6.58 Å². The van der Waals surface area contributed by atoms with E-state index in [0.29, 0.717) is 28.1 Å². The summed E-state index contributed by atoms with van der Waals surface area (Å²) in [5.74, 6) is 6.51.